The third-order valence-electron chi connectivity index (χ3n) is 10.3. The third-order valence-corrected chi connectivity index (χ3v) is 10.3. The van der Waals surface area contributed by atoms with Crippen molar-refractivity contribution in [3.05, 3.63) is 46.6 Å². The smallest absolute Gasteiger partial charge is 0.345 e. The lowest BCUT2D eigenvalue weighted by Crippen LogP contribution is -2.71. The van der Waals surface area contributed by atoms with Gasteiger partial charge in [0, 0.05) is 49.2 Å². The number of carbonyl (C=O) groups excluding carboxylic acids is 3. The van der Waals surface area contributed by atoms with Gasteiger partial charge in [0.25, 0.3) is 0 Å². The highest BCUT2D eigenvalue weighted by Crippen LogP contribution is 2.67. The Morgan fingerprint density at radius 3 is 2.40 bits per heavy atom. The summed E-state index contributed by atoms with van der Waals surface area (Å²) in [5, 5.41) is 12.2. The fourth-order valence-electron chi connectivity index (χ4n) is 8.14. The number of hydrogen-bond acceptors (Lipinski definition) is 11. The molecular formula is C34H43NO10. The van der Waals surface area contributed by atoms with Crippen molar-refractivity contribution in [1.29, 1.82) is 0 Å². The van der Waals surface area contributed by atoms with Gasteiger partial charge >= 0.3 is 23.5 Å². The Balaban J connectivity index is 1.69. The second-order valence-corrected chi connectivity index (χ2v) is 14.5. The van der Waals surface area contributed by atoms with Gasteiger partial charge in [0.05, 0.1) is 11.5 Å². The quantitative estimate of drug-likeness (QED) is 0.361. The molecule has 2 aliphatic carbocycles. The maximum absolute atomic E-state index is 13.6. The summed E-state index contributed by atoms with van der Waals surface area (Å²) in [6, 6.07) is 5.02. The molecule has 3 aliphatic rings. The van der Waals surface area contributed by atoms with Crippen LogP contribution in [0.1, 0.15) is 86.3 Å². The maximum atomic E-state index is 13.6. The lowest BCUT2D eigenvalue weighted by molar-refractivity contribution is -0.272. The fourth-order valence-corrected chi connectivity index (χ4v) is 8.14. The third kappa shape index (κ3) is 5.53. The summed E-state index contributed by atoms with van der Waals surface area (Å²) in [5.74, 6) is -2.22. The first-order valence-electron chi connectivity index (χ1n) is 15.4. The fraction of sp³-hybridized carbons (Fsp3) is 0.618. The average Bonchev–Trinajstić information content (AvgIpc) is 2.94. The normalized spacial score (nSPS) is 33.8. The van der Waals surface area contributed by atoms with Crippen molar-refractivity contribution in [2.75, 3.05) is 6.61 Å². The van der Waals surface area contributed by atoms with Crippen molar-refractivity contribution >= 4 is 17.9 Å². The van der Waals surface area contributed by atoms with E-state index in [2.05, 4.69) is 4.98 Å². The number of fused-ring (bicyclic) bond motifs is 4. The van der Waals surface area contributed by atoms with Crippen LogP contribution in [0.3, 0.4) is 0 Å². The molecule has 3 heterocycles. The van der Waals surface area contributed by atoms with Crippen LogP contribution < -0.4 is 10.4 Å². The Morgan fingerprint density at radius 1 is 1.09 bits per heavy atom. The molecule has 2 aromatic rings. The second-order valence-electron chi connectivity index (χ2n) is 14.5. The van der Waals surface area contributed by atoms with E-state index >= 15 is 0 Å². The van der Waals surface area contributed by atoms with Gasteiger partial charge in [-0.1, -0.05) is 13.8 Å². The Labute approximate surface area is 262 Å². The van der Waals surface area contributed by atoms with Crippen molar-refractivity contribution in [3.8, 4) is 17.1 Å². The summed E-state index contributed by atoms with van der Waals surface area (Å²) < 4.78 is 30.1. The second kappa shape index (κ2) is 11.3. The van der Waals surface area contributed by atoms with E-state index in [-0.39, 0.29) is 30.1 Å². The number of aliphatic hydroxyl groups is 1. The van der Waals surface area contributed by atoms with Gasteiger partial charge in [-0.05, 0) is 70.4 Å². The van der Waals surface area contributed by atoms with Gasteiger partial charge in [0.1, 0.15) is 41.5 Å². The molecule has 45 heavy (non-hydrogen) atoms. The first-order chi connectivity index (χ1) is 20.9. The highest BCUT2D eigenvalue weighted by atomic mass is 16.6. The number of rotatable bonds is 5. The van der Waals surface area contributed by atoms with Crippen molar-refractivity contribution in [2.45, 2.75) is 98.6 Å². The van der Waals surface area contributed by atoms with E-state index in [1.165, 1.54) is 13.8 Å². The van der Waals surface area contributed by atoms with Gasteiger partial charge in [-0.3, -0.25) is 19.4 Å². The Bertz CT molecular complexity index is 1550. The molecule has 1 aliphatic heterocycles. The van der Waals surface area contributed by atoms with E-state index in [1.807, 2.05) is 20.8 Å². The van der Waals surface area contributed by atoms with Gasteiger partial charge < -0.3 is 28.5 Å². The maximum Gasteiger partial charge on any atom is 0.345 e. The molecule has 1 N–H and O–H groups in total. The van der Waals surface area contributed by atoms with E-state index in [0.717, 1.165) is 0 Å². The number of esters is 3. The highest BCUT2D eigenvalue weighted by molar-refractivity contribution is 5.75. The van der Waals surface area contributed by atoms with Crippen molar-refractivity contribution in [2.24, 2.45) is 28.1 Å². The largest absolute Gasteiger partial charge is 0.482 e. The van der Waals surface area contributed by atoms with Crippen LogP contribution in [0.4, 0.5) is 0 Å². The van der Waals surface area contributed by atoms with Gasteiger partial charge in [0.15, 0.2) is 0 Å². The molecule has 2 aromatic heterocycles. The molecule has 11 nitrogen and oxygen atoms in total. The van der Waals surface area contributed by atoms with Gasteiger partial charge in [-0.2, -0.15) is 0 Å². The minimum Gasteiger partial charge on any atom is -0.482 e. The monoisotopic (exact) mass is 625 g/mol. The van der Waals surface area contributed by atoms with Crippen LogP contribution in [0.2, 0.25) is 0 Å². The molecule has 0 spiro atoms. The molecule has 11 heteroatoms. The van der Waals surface area contributed by atoms with Crippen LogP contribution in [0.15, 0.2) is 39.8 Å². The number of nitrogens with zero attached hydrogens (tertiary/aromatic N) is 1. The minimum absolute atomic E-state index is 0.0170. The Morgan fingerprint density at radius 2 is 1.80 bits per heavy atom. The summed E-state index contributed by atoms with van der Waals surface area (Å²) in [7, 11) is 0. The van der Waals surface area contributed by atoms with Crippen LogP contribution in [0.25, 0.3) is 11.3 Å². The molecular weight excluding hydrogens is 582 g/mol. The predicted molar refractivity (Wildman–Crippen MR) is 161 cm³/mol. The number of ether oxygens (including phenoxy) is 4. The van der Waals surface area contributed by atoms with Gasteiger partial charge in [-0.25, -0.2) is 4.79 Å². The summed E-state index contributed by atoms with van der Waals surface area (Å²) in [5.41, 5.74) is -4.01. The standard InChI is InChI=1S/C34H43NO10/c1-18(36)41-17-33(7)23-15-25(44-30(40)31(3,4)5)34(8)28(32(23,6)12-11-24(33)42-19(2)37)27(38)26-22(45-34)14-21(43-29(26)39)20-10-9-13-35-16-20/h9-10,13-14,16,23-25,27-28,38H,11-12,15,17H2,1-8H3/t23?,24-,25-,27-,28?,32-,33-,34+/m0/s1. The molecule has 0 amide bonds. The molecule has 0 aromatic carbocycles. The number of aromatic nitrogens is 1. The Kier molecular flexibility index (Phi) is 8.17. The molecule has 2 fully saturated rings. The Hall–Kier alpha value is -3.73. The van der Waals surface area contributed by atoms with Crippen LogP contribution in [-0.2, 0) is 28.6 Å². The first-order valence-corrected chi connectivity index (χ1v) is 15.4. The van der Waals surface area contributed by atoms with Crippen LogP contribution >= 0.6 is 0 Å². The van der Waals surface area contributed by atoms with Crippen molar-refractivity contribution < 1.29 is 42.9 Å². The topological polar surface area (TPSA) is 151 Å². The molecule has 0 saturated heterocycles. The van der Waals surface area contributed by atoms with Crippen LogP contribution in [-0.4, -0.2) is 52.4 Å². The van der Waals surface area contributed by atoms with Gasteiger partial charge in [0.2, 0.25) is 0 Å². The highest BCUT2D eigenvalue weighted by Gasteiger charge is 2.71. The number of pyridine rings is 1. The molecule has 0 radical (unpaired) electrons. The summed E-state index contributed by atoms with van der Waals surface area (Å²) in [6.07, 6.45) is 1.46. The lowest BCUT2D eigenvalue weighted by atomic mass is 9.42. The van der Waals surface area contributed by atoms with E-state index in [0.29, 0.717) is 18.4 Å². The molecule has 2 saturated carbocycles. The molecule has 8 atom stereocenters. The van der Waals surface area contributed by atoms with Gasteiger partial charge in [-0.15, -0.1) is 0 Å². The zero-order valence-electron chi connectivity index (χ0n) is 27.2. The first kappa shape index (κ1) is 32.7. The summed E-state index contributed by atoms with van der Waals surface area (Å²) >= 11 is 0. The molecule has 244 valence electrons. The molecule has 2 unspecified atom stereocenters. The number of carbonyl (C=O) groups is 3. The van der Waals surface area contributed by atoms with Crippen LogP contribution in [0.5, 0.6) is 5.75 Å². The summed E-state index contributed by atoms with van der Waals surface area (Å²) in [4.78, 5) is 55.4. The van der Waals surface area contributed by atoms with E-state index < -0.39 is 75.5 Å². The number of hydrogen-bond donors (Lipinski definition) is 1. The average molecular weight is 626 g/mol. The zero-order valence-corrected chi connectivity index (χ0v) is 27.2. The lowest BCUT2D eigenvalue weighted by Gasteiger charge is -2.66. The summed E-state index contributed by atoms with van der Waals surface area (Å²) in [6.45, 7) is 13.6. The van der Waals surface area contributed by atoms with Crippen LogP contribution in [0, 0.1) is 28.1 Å². The molecule has 0 bridgehead atoms. The zero-order chi connectivity index (χ0) is 33.1. The minimum atomic E-state index is -1.36. The predicted octanol–water partition coefficient (Wildman–Crippen LogP) is 4.78. The molecule has 5 rings (SSSR count). The van der Waals surface area contributed by atoms with E-state index in [1.54, 1.807) is 51.4 Å². The van der Waals surface area contributed by atoms with E-state index in [4.69, 9.17) is 23.4 Å². The van der Waals surface area contributed by atoms with Crippen molar-refractivity contribution in [1.82, 2.24) is 4.98 Å². The number of aliphatic hydroxyl groups excluding tert-OH is 1. The van der Waals surface area contributed by atoms with Crippen molar-refractivity contribution in [3.63, 3.8) is 0 Å². The van der Waals surface area contributed by atoms with E-state index in [9.17, 15) is 24.3 Å². The SMILES string of the molecule is CC(=O)OC[C@@]1(C)C2C[C@H](OC(=O)C(C)(C)C)[C@@]3(C)Oc4cc(-c5cccnc5)oc(=O)c4[C@H](O)C3[C@@]2(C)CC[C@@H]1OC(C)=O.